The lowest BCUT2D eigenvalue weighted by molar-refractivity contribution is -0.117. The highest BCUT2D eigenvalue weighted by atomic mass is 32.1. The third-order valence-corrected chi connectivity index (χ3v) is 5.55. The molecule has 1 N–H and O–H groups in total. The minimum Gasteiger partial charge on any atom is -0.348 e. The molecule has 0 spiro atoms. The minimum absolute atomic E-state index is 0.0987. The quantitative estimate of drug-likeness (QED) is 0.944. The Morgan fingerprint density at radius 2 is 2.27 bits per heavy atom. The van der Waals surface area contributed by atoms with Crippen LogP contribution in [-0.4, -0.2) is 29.0 Å². The fourth-order valence-corrected chi connectivity index (χ4v) is 4.04. The van der Waals surface area contributed by atoms with Gasteiger partial charge in [-0.2, -0.15) is 0 Å². The largest absolute Gasteiger partial charge is 0.348 e. The normalized spacial score (nSPS) is 22.0. The zero-order valence-corrected chi connectivity index (χ0v) is 13.5. The molecule has 22 heavy (non-hydrogen) atoms. The van der Waals surface area contributed by atoms with Crippen LogP contribution >= 0.6 is 11.3 Å². The Bertz CT molecular complexity index is 709. The Kier molecular flexibility index (Phi) is 3.48. The fourth-order valence-electron chi connectivity index (χ4n) is 3.00. The average molecular weight is 316 g/mol. The number of nitrogens with one attached hydrogen (secondary N) is 1. The van der Waals surface area contributed by atoms with E-state index in [9.17, 15) is 4.79 Å². The molecule has 1 aliphatic carbocycles. The van der Waals surface area contributed by atoms with Gasteiger partial charge in [0.05, 0.1) is 10.2 Å². The Morgan fingerprint density at radius 3 is 3.05 bits per heavy atom. The first-order valence-corrected chi connectivity index (χ1v) is 8.83. The van der Waals surface area contributed by atoms with Gasteiger partial charge in [0.1, 0.15) is 0 Å². The maximum Gasteiger partial charge on any atom is 0.228 e. The van der Waals surface area contributed by atoms with E-state index in [4.69, 9.17) is 4.98 Å². The van der Waals surface area contributed by atoms with Crippen molar-refractivity contribution in [1.82, 2.24) is 9.97 Å². The number of carbonyl (C=O) groups is 1. The van der Waals surface area contributed by atoms with E-state index in [0.29, 0.717) is 11.7 Å². The monoisotopic (exact) mass is 316 g/mol. The number of hydrogen-bond acceptors (Lipinski definition) is 5. The van der Waals surface area contributed by atoms with Crippen molar-refractivity contribution in [2.45, 2.75) is 32.6 Å². The molecule has 4 rings (SSSR count). The molecule has 5 nitrogen and oxygen atoms in total. The first-order valence-electron chi connectivity index (χ1n) is 8.02. The van der Waals surface area contributed by atoms with E-state index in [1.165, 1.54) is 12.8 Å². The van der Waals surface area contributed by atoms with Crippen LogP contribution in [-0.2, 0) is 4.79 Å². The van der Waals surface area contributed by atoms with Gasteiger partial charge >= 0.3 is 0 Å². The lowest BCUT2D eigenvalue weighted by Crippen LogP contribution is -2.34. The number of rotatable bonds is 3. The highest BCUT2D eigenvalue weighted by Crippen LogP contribution is 2.36. The molecule has 2 aliphatic rings. The van der Waals surface area contributed by atoms with Crippen molar-refractivity contribution >= 4 is 38.4 Å². The standard InChI is InChI=1S/C16H20N4OS/c1-10-3-2-8-20(9-10)16-18-12-6-7-17-14(13(12)22-16)19-15(21)11-4-5-11/h6-7,10-11H,2-5,8-9H2,1H3,(H,17,19,21). The second-order valence-electron chi connectivity index (χ2n) is 6.46. The van der Waals surface area contributed by atoms with Crippen LogP contribution < -0.4 is 10.2 Å². The van der Waals surface area contributed by atoms with Gasteiger partial charge in [-0.05, 0) is 37.7 Å². The van der Waals surface area contributed by atoms with Crippen LogP contribution in [0.3, 0.4) is 0 Å². The van der Waals surface area contributed by atoms with Gasteiger partial charge in [0, 0.05) is 25.2 Å². The number of amides is 1. The van der Waals surface area contributed by atoms with Gasteiger partial charge in [0.15, 0.2) is 10.9 Å². The highest BCUT2D eigenvalue weighted by molar-refractivity contribution is 7.22. The summed E-state index contributed by atoms with van der Waals surface area (Å²) in [6, 6.07) is 1.93. The second kappa shape index (κ2) is 5.50. The van der Waals surface area contributed by atoms with Crippen LogP contribution in [0.25, 0.3) is 10.2 Å². The van der Waals surface area contributed by atoms with Crippen LogP contribution in [0.1, 0.15) is 32.6 Å². The van der Waals surface area contributed by atoms with Gasteiger partial charge in [-0.3, -0.25) is 4.79 Å². The molecule has 1 saturated carbocycles. The molecular weight excluding hydrogens is 296 g/mol. The number of piperidine rings is 1. The number of anilines is 2. The SMILES string of the molecule is CC1CCCN(c2nc3ccnc(NC(=O)C4CC4)c3s2)C1. The predicted octanol–water partition coefficient (Wildman–Crippen LogP) is 3.28. The number of hydrogen-bond donors (Lipinski definition) is 1. The lowest BCUT2D eigenvalue weighted by Gasteiger charge is -2.30. The van der Waals surface area contributed by atoms with Crippen LogP contribution in [0, 0.1) is 11.8 Å². The predicted molar refractivity (Wildman–Crippen MR) is 89.4 cm³/mol. The molecule has 2 fully saturated rings. The smallest absolute Gasteiger partial charge is 0.228 e. The Morgan fingerprint density at radius 1 is 1.41 bits per heavy atom. The molecule has 0 aromatic carbocycles. The second-order valence-corrected chi connectivity index (χ2v) is 7.44. The first-order chi connectivity index (χ1) is 10.7. The van der Waals surface area contributed by atoms with Gasteiger partial charge in [-0.15, -0.1) is 0 Å². The van der Waals surface area contributed by atoms with E-state index in [-0.39, 0.29) is 11.8 Å². The van der Waals surface area contributed by atoms with E-state index in [2.05, 4.69) is 22.1 Å². The summed E-state index contributed by atoms with van der Waals surface area (Å²) in [6.45, 7) is 4.43. The van der Waals surface area contributed by atoms with Crippen LogP contribution in [0.5, 0.6) is 0 Å². The molecule has 1 atom stereocenters. The highest BCUT2D eigenvalue weighted by Gasteiger charge is 2.30. The fraction of sp³-hybridized carbons (Fsp3) is 0.562. The van der Waals surface area contributed by atoms with E-state index in [1.807, 2.05) is 6.07 Å². The molecule has 1 unspecified atom stereocenters. The van der Waals surface area contributed by atoms with Crippen molar-refractivity contribution in [3.05, 3.63) is 12.3 Å². The van der Waals surface area contributed by atoms with Crippen LogP contribution in [0.2, 0.25) is 0 Å². The molecule has 1 amide bonds. The van der Waals surface area contributed by atoms with Crippen molar-refractivity contribution in [3.8, 4) is 0 Å². The summed E-state index contributed by atoms with van der Waals surface area (Å²) >= 11 is 1.64. The topological polar surface area (TPSA) is 58.1 Å². The molecule has 6 heteroatoms. The molecule has 2 aromatic rings. The van der Waals surface area contributed by atoms with Gasteiger partial charge in [-0.25, -0.2) is 9.97 Å². The molecule has 0 bridgehead atoms. The first kappa shape index (κ1) is 13.9. The third-order valence-electron chi connectivity index (χ3n) is 4.41. The van der Waals surface area contributed by atoms with Crippen molar-refractivity contribution in [2.75, 3.05) is 23.3 Å². The number of aromatic nitrogens is 2. The van der Waals surface area contributed by atoms with E-state index < -0.39 is 0 Å². The summed E-state index contributed by atoms with van der Waals surface area (Å²) in [5, 5.41) is 4.03. The van der Waals surface area contributed by atoms with Crippen molar-refractivity contribution < 1.29 is 4.79 Å². The number of pyridine rings is 1. The number of nitrogens with zero attached hydrogens (tertiary/aromatic N) is 3. The number of thiazole rings is 1. The molecule has 1 saturated heterocycles. The number of carbonyl (C=O) groups excluding carboxylic acids is 1. The molecular formula is C16H20N4OS. The average Bonchev–Trinajstić information content (AvgIpc) is 3.26. The van der Waals surface area contributed by atoms with Crippen LogP contribution in [0.15, 0.2) is 12.3 Å². The maximum atomic E-state index is 12.0. The summed E-state index contributed by atoms with van der Waals surface area (Å²) in [7, 11) is 0. The minimum atomic E-state index is 0.0987. The molecule has 116 valence electrons. The molecule has 3 heterocycles. The summed E-state index contributed by atoms with van der Waals surface area (Å²) in [4.78, 5) is 23.5. The van der Waals surface area contributed by atoms with Crippen molar-refractivity contribution in [1.29, 1.82) is 0 Å². The van der Waals surface area contributed by atoms with E-state index in [1.54, 1.807) is 17.5 Å². The summed E-state index contributed by atoms with van der Waals surface area (Å²) in [5.74, 6) is 1.67. The number of fused-ring (bicyclic) bond motifs is 1. The summed E-state index contributed by atoms with van der Waals surface area (Å²) in [5.41, 5.74) is 0.930. The van der Waals surface area contributed by atoms with E-state index in [0.717, 1.165) is 41.3 Å². The maximum absolute atomic E-state index is 12.0. The zero-order valence-electron chi connectivity index (χ0n) is 12.7. The zero-order chi connectivity index (χ0) is 15.1. The van der Waals surface area contributed by atoms with Crippen molar-refractivity contribution in [3.63, 3.8) is 0 Å². The van der Waals surface area contributed by atoms with Crippen LogP contribution in [0.4, 0.5) is 10.9 Å². The van der Waals surface area contributed by atoms with Gasteiger partial charge < -0.3 is 10.2 Å². The Hall–Kier alpha value is -1.69. The van der Waals surface area contributed by atoms with E-state index >= 15 is 0 Å². The molecule has 2 aromatic heterocycles. The Labute approximate surface area is 133 Å². The van der Waals surface area contributed by atoms with Gasteiger partial charge in [0.2, 0.25) is 5.91 Å². The molecule has 0 radical (unpaired) electrons. The molecule has 1 aliphatic heterocycles. The third kappa shape index (κ3) is 2.67. The Balaban J connectivity index is 1.63. The van der Waals surface area contributed by atoms with Crippen molar-refractivity contribution in [2.24, 2.45) is 11.8 Å². The lowest BCUT2D eigenvalue weighted by atomic mass is 10.0. The van der Waals surface area contributed by atoms with Gasteiger partial charge in [0.25, 0.3) is 0 Å². The van der Waals surface area contributed by atoms with Gasteiger partial charge in [-0.1, -0.05) is 18.3 Å². The summed E-state index contributed by atoms with van der Waals surface area (Å²) < 4.78 is 0.990. The summed E-state index contributed by atoms with van der Waals surface area (Å²) in [6.07, 6.45) is 6.25.